The first-order valence-corrected chi connectivity index (χ1v) is 6.33. The van der Waals surface area contributed by atoms with Crippen molar-refractivity contribution >= 4 is 0 Å². The molecule has 0 aliphatic carbocycles. The highest BCUT2D eigenvalue weighted by atomic mass is 14.3. The van der Waals surface area contributed by atoms with E-state index in [1.807, 2.05) is 18.2 Å². The summed E-state index contributed by atoms with van der Waals surface area (Å²) in [6.45, 7) is 2.22. The summed E-state index contributed by atoms with van der Waals surface area (Å²) in [5.41, 5.74) is 1.17. The highest BCUT2D eigenvalue weighted by molar-refractivity contribution is 5.24. The van der Waals surface area contributed by atoms with Crippen LogP contribution in [0, 0.1) is 11.3 Å². The molecule has 1 rings (SSSR count). The predicted octanol–water partition coefficient (Wildman–Crippen LogP) is 4.65. The molecule has 1 aromatic carbocycles. The summed E-state index contributed by atoms with van der Waals surface area (Å²) >= 11 is 0. The standard InChI is InChI=1S/C15H21N/c1-2-3-4-5-7-12-15(13-16)14-10-8-6-9-11-14/h6,8-11,15H,2-5,7,12H2,1H3/t15-/m0/s1. The van der Waals surface area contributed by atoms with Crippen LogP contribution < -0.4 is 0 Å². The Labute approximate surface area is 99.1 Å². The molecule has 0 aliphatic rings. The summed E-state index contributed by atoms with van der Waals surface area (Å²) in [4.78, 5) is 0. The monoisotopic (exact) mass is 215 g/mol. The second kappa shape index (κ2) is 7.93. The van der Waals surface area contributed by atoms with Gasteiger partial charge < -0.3 is 0 Å². The van der Waals surface area contributed by atoms with Gasteiger partial charge in [-0.1, -0.05) is 69.4 Å². The van der Waals surface area contributed by atoms with Gasteiger partial charge in [0.1, 0.15) is 0 Å². The second-order valence-electron chi connectivity index (χ2n) is 4.30. The van der Waals surface area contributed by atoms with Gasteiger partial charge in [0.05, 0.1) is 12.0 Å². The van der Waals surface area contributed by atoms with Crippen molar-refractivity contribution in [1.29, 1.82) is 5.26 Å². The largest absolute Gasteiger partial charge is 0.198 e. The van der Waals surface area contributed by atoms with Crippen LogP contribution in [-0.4, -0.2) is 0 Å². The van der Waals surface area contributed by atoms with Crippen LogP contribution in [-0.2, 0) is 0 Å². The average molecular weight is 215 g/mol. The van der Waals surface area contributed by atoms with Crippen LogP contribution in [0.1, 0.15) is 56.9 Å². The Bertz CT molecular complexity index is 310. The minimum atomic E-state index is 0.0860. The van der Waals surface area contributed by atoms with Crippen LogP contribution in [0.2, 0.25) is 0 Å². The highest BCUT2D eigenvalue weighted by Crippen LogP contribution is 2.21. The van der Waals surface area contributed by atoms with Crippen molar-refractivity contribution in [3.05, 3.63) is 35.9 Å². The molecule has 0 aromatic heterocycles. The smallest absolute Gasteiger partial charge is 0.0712 e. The molecule has 0 bridgehead atoms. The Morgan fingerprint density at radius 2 is 1.75 bits per heavy atom. The van der Waals surface area contributed by atoms with Crippen molar-refractivity contribution in [2.75, 3.05) is 0 Å². The first-order chi connectivity index (χ1) is 7.88. The number of unbranched alkanes of at least 4 members (excludes halogenated alkanes) is 4. The quantitative estimate of drug-likeness (QED) is 0.607. The maximum atomic E-state index is 9.13. The minimum absolute atomic E-state index is 0.0860. The normalized spacial score (nSPS) is 12.0. The summed E-state index contributed by atoms with van der Waals surface area (Å²) in [6.07, 6.45) is 7.35. The van der Waals surface area contributed by atoms with E-state index in [4.69, 9.17) is 5.26 Å². The van der Waals surface area contributed by atoms with Crippen LogP contribution in [0.4, 0.5) is 0 Å². The Hall–Kier alpha value is -1.29. The number of benzene rings is 1. The van der Waals surface area contributed by atoms with Crippen molar-refractivity contribution in [3.63, 3.8) is 0 Å². The molecule has 0 aliphatic heterocycles. The summed E-state index contributed by atoms with van der Waals surface area (Å²) in [5, 5.41) is 9.13. The summed E-state index contributed by atoms with van der Waals surface area (Å²) in [7, 11) is 0. The van der Waals surface area contributed by atoms with Gasteiger partial charge in [0.2, 0.25) is 0 Å². The van der Waals surface area contributed by atoms with Gasteiger partial charge in [-0.25, -0.2) is 0 Å². The average Bonchev–Trinajstić information content (AvgIpc) is 2.35. The topological polar surface area (TPSA) is 23.8 Å². The molecule has 1 atom stereocenters. The molecule has 0 spiro atoms. The summed E-state index contributed by atoms with van der Waals surface area (Å²) in [5.74, 6) is 0.0860. The molecule has 16 heavy (non-hydrogen) atoms. The molecule has 86 valence electrons. The molecule has 1 nitrogen and oxygen atoms in total. The van der Waals surface area contributed by atoms with E-state index >= 15 is 0 Å². The van der Waals surface area contributed by atoms with Gasteiger partial charge in [-0.3, -0.25) is 0 Å². The van der Waals surface area contributed by atoms with Crippen molar-refractivity contribution < 1.29 is 0 Å². The van der Waals surface area contributed by atoms with E-state index in [0.29, 0.717) is 0 Å². The van der Waals surface area contributed by atoms with E-state index in [1.54, 1.807) is 0 Å². The Balaban J connectivity index is 2.31. The van der Waals surface area contributed by atoms with Gasteiger partial charge in [-0.05, 0) is 12.0 Å². The zero-order valence-electron chi connectivity index (χ0n) is 10.2. The molecule has 0 fully saturated rings. The molecule has 0 saturated heterocycles. The van der Waals surface area contributed by atoms with Gasteiger partial charge in [0.25, 0.3) is 0 Å². The molecule has 0 amide bonds. The Kier molecular flexibility index (Phi) is 6.33. The fourth-order valence-corrected chi connectivity index (χ4v) is 1.94. The van der Waals surface area contributed by atoms with Gasteiger partial charge in [-0.2, -0.15) is 5.26 Å². The number of hydrogen-bond donors (Lipinski definition) is 0. The predicted molar refractivity (Wildman–Crippen MR) is 68.2 cm³/mol. The fourth-order valence-electron chi connectivity index (χ4n) is 1.94. The van der Waals surface area contributed by atoms with E-state index in [1.165, 1.54) is 37.7 Å². The van der Waals surface area contributed by atoms with Crippen molar-refractivity contribution in [1.82, 2.24) is 0 Å². The van der Waals surface area contributed by atoms with Crippen LogP contribution >= 0.6 is 0 Å². The van der Waals surface area contributed by atoms with Gasteiger partial charge >= 0.3 is 0 Å². The van der Waals surface area contributed by atoms with Crippen LogP contribution in [0.3, 0.4) is 0 Å². The molecular formula is C15H21N. The zero-order chi connectivity index (χ0) is 11.6. The summed E-state index contributed by atoms with van der Waals surface area (Å²) in [6, 6.07) is 12.5. The third-order valence-electron chi connectivity index (χ3n) is 2.95. The lowest BCUT2D eigenvalue weighted by molar-refractivity contribution is 0.589. The third-order valence-corrected chi connectivity index (χ3v) is 2.95. The highest BCUT2D eigenvalue weighted by Gasteiger charge is 2.08. The zero-order valence-corrected chi connectivity index (χ0v) is 10.2. The molecule has 0 saturated carbocycles. The van der Waals surface area contributed by atoms with E-state index in [9.17, 15) is 0 Å². The molecule has 0 radical (unpaired) electrons. The minimum Gasteiger partial charge on any atom is -0.198 e. The molecule has 0 N–H and O–H groups in total. The lowest BCUT2D eigenvalue weighted by Gasteiger charge is -2.08. The Morgan fingerprint density at radius 3 is 2.38 bits per heavy atom. The van der Waals surface area contributed by atoms with Gasteiger partial charge in [0.15, 0.2) is 0 Å². The number of rotatable bonds is 7. The summed E-state index contributed by atoms with van der Waals surface area (Å²) < 4.78 is 0. The first-order valence-electron chi connectivity index (χ1n) is 6.33. The van der Waals surface area contributed by atoms with E-state index in [0.717, 1.165) is 6.42 Å². The van der Waals surface area contributed by atoms with Crippen molar-refractivity contribution in [2.24, 2.45) is 0 Å². The molecule has 0 heterocycles. The number of nitriles is 1. The maximum Gasteiger partial charge on any atom is 0.0712 e. The number of nitrogens with zero attached hydrogens (tertiary/aromatic N) is 1. The van der Waals surface area contributed by atoms with E-state index in [2.05, 4.69) is 25.1 Å². The van der Waals surface area contributed by atoms with Crippen LogP contribution in [0.25, 0.3) is 0 Å². The van der Waals surface area contributed by atoms with Gasteiger partial charge in [-0.15, -0.1) is 0 Å². The van der Waals surface area contributed by atoms with E-state index < -0.39 is 0 Å². The SMILES string of the molecule is CCCCCCC[C@@H](C#N)c1ccccc1. The van der Waals surface area contributed by atoms with E-state index in [-0.39, 0.29) is 5.92 Å². The van der Waals surface area contributed by atoms with Gasteiger partial charge in [0, 0.05) is 0 Å². The van der Waals surface area contributed by atoms with Crippen LogP contribution in [0.15, 0.2) is 30.3 Å². The third kappa shape index (κ3) is 4.49. The fraction of sp³-hybridized carbons (Fsp3) is 0.533. The second-order valence-corrected chi connectivity index (χ2v) is 4.30. The van der Waals surface area contributed by atoms with Crippen molar-refractivity contribution in [2.45, 2.75) is 51.4 Å². The molecule has 0 unspecified atom stereocenters. The molecule has 1 heteroatoms. The maximum absolute atomic E-state index is 9.13. The lowest BCUT2D eigenvalue weighted by atomic mass is 9.94. The molecular weight excluding hydrogens is 194 g/mol. The number of hydrogen-bond acceptors (Lipinski definition) is 1. The van der Waals surface area contributed by atoms with Crippen LogP contribution in [0.5, 0.6) is 0 Å². The lowest BCUT2D eigenvalue weighted by Crippen LogP contribution is -1.95. The van der Waals surface area contributed by atoms with Crippen molar-refractivity contribution in [3.8, 4) is 6.07 Å². The molecule has 1 aromatic rings. The first kappa shape index (κ1) is 12.8. The Morgan fingerprint density at radius 1 is 1.06 bits per heavy atom.